The zero-order chi connectivity index (χ0) is 33.9. The molecule has 5 aromatic rings. The predicted molar refractivity (Wildman–Crippen MR) is 179 cm³/mol. The van der Waals surface area contributed by atoms with Gasteiger partial charge in [-0.15, -0.1) is 0 Å². The lowest BCUT2D eigenvalue weighted by atomic mass is 9.97. The summed E-state index contributed by atoms with van der Waals surface area (Å²) in [6.45, 7) is 3.22. The van der Waals surface area contributed by atoms with Crippen molar-refractivity contribution in [1.29, 1.82) is 0 Å². The van der Waals surface area contributed by atoms with Gasteiger partial charge in [0, 0.05) is 13.0 Å². The van der Waals surface area contributed by atoms with Gasteiger partial charge in [0.05, 0.1) is 11.1 Å². The first-order valence-electron chi connectivity index (χ1n) is 15.1. The molecular formula is C40H32O8. The molecule has 0 radical (unpaired) electrons. The van der Waals surface area contributed by atoms with Crippen LogP contribution in [0.2, 0.25) is 0 Å². The van der Waals surface area contributed by atoms with E-state index in [9.17, 15) is 19.2 Å². The van der Waals surface area contributed by atoms with Crippen LogP contribution in [0.4, 0.5) is 0 Å². The van der Waals surface area contributed by atoms with Crippen molar-refractivity contribution < 1.29 is 38.1 Å². The van der Waals surface area contributed by atoms with E-state index in [0.29, 0.717) is 33.8 Å². The van der Waals surface area contributed by atoms with Crippen molar-refractivity contribution in [3.8, 4) is 11.5 Å². The van der Waals surface area contributed by atoms with Gasteiger partial charge in [0.1, 0.15) is 11.5 Å². The van der Waals surface area contributed by atoms with Crippen LogP contribution in [0, 0.1) is 6.92 Å². The molecule has 0 aliphatic heterocycles. The maximum absolute atomic E-state index is 13.4. The third kappa shape index (κ3) is 9.14. The summed E-state index contributed by atoms with van der Waals surface area (Å²) >= 11 is 0. The summed E-state index contributed by atoms with van der Waals surface area (Å²) in [5.41, 5.74) is 3.60. The van der Waals surface area contributed by atoms with E-state index in [1.54, 1.807) is 91.0 Å². The van der Waals surface area contributed by atoms with Crippen molar-refractivity contribution in [2.45, 2.75) is 26.1 Å². The monoisotopic (exact) mass is 640 g/mol. The van der Waals surface area contributed by atoms with Crippen molar-refractivity contribution in [3.05, 3.63) is 173 Å². The molecule has 0 aliphatic carbocycles. The van der Waals surface area contributed by atoms with Crippen molar-refractivity contribution in [3.63, 3.8) is 0 Å². The van der Waals surface area contributed by atoms with Gasteiger partial charge in [-0.3, -0.25) is 4.79 Å². The average molecular weight is 641 g/mol. The number of ether oxygens (including phenoxy) is 4. The molecule has 5 rings (SSSR count). The lowest BCUT2D eigenvalue weighted by molar-refractivity contribution is -0.150. The highest BCUT2D eigenvalue weighted by molar-refractivity contribution is 5.91. The second-order valence-electron chi connectivity index (χ2n) is 10.8. The van der Waals surface area contributed by atoms with Crippen molar-refractivity contribution in [2.24, 2.45) is 0 Å². The summed E-state index contributed by atoms with van der Waals surface area (Å²) in [5, 5.41) is 0. The van der Waals surface area contributed by atoms with Gasteiger partial charge in [0.2, 0.25) is 0 Å². The highest BCUT2D eigenvalue weighted by Gasteiger charge is 2.32. The molecule has 0 saturated carbocycles. The normalized spacial score (nSPS) is 12.0. The molecule has 0 heterocycles. The summed E-state index contributed by atoms with van der Waals surface area (Å²) in [5.74, 6) is -1.62. The molecule has 8 heteroatoms. The number of carbonyl (C=O) groups excluding carboxylic acids is 4. The maximum atomic E-state index is 13.4. The van der Waals surface area contributed by atoms with Crippen LogP contribution in [0.25, 0.3) is 6.08 Å². The van der Waals surface area contributed by atoms with Gasteiger partial charge in [0.15, 0.2) is 12.2 Å². The number of esters is 4. The fourth-order valence-electron chi connectivity index (χ4n) is 4.73. The Labute approximate surface area is 278 Å². The Morgan fingerprint density at radius 3 is 1.58 bits per heavy atom. The molecule has 0 aromatic heterocycles. The van der Waals surface area contributed by atoms with Crippen LogP contribution < -0.4 is 9.47 Å². The number of rotatable bonds is 11. The third-order valence-electron chi connectivity index (χ3n) is 7.15. The smallest absolute Gasteiger partial charge is 0.343 e. The van der Waals surface area contributed by atoms with Crippen LogP contribution in [0.3, 0.4) is 0 Å². The van der Waals surface area contributed by atoms with Crippen LogP contribution in [0.5, 0.6) is 11.5 Å². The minimum absolute atomic E-state index is 0.220. The topological polar surface area (TPSA) is 105 Å². The molecule has 0 N–H and O–H groups in total. The second kappa shape index (κ2) is 15.8. The summed E-state index contributed by atoms with van der Waals surface area (Å²) < 4.78 is 22.5. The Morgan fingerprint density at radius 2 is 1.02 bits per heavy atom. The minimum atomic E-state index is -1.01. The van der Waals surface area contributed by atoms with E-state index in [2.05, 4.69) is 0 Å². The van der Waals surface area contributed by atoms with Gasteiger partial charge in [-0.05, 0) is 78.2 Å². The zero-order valence-corrected chi connectivity index (χ0v) is 26.3. The van der Waals surface area contributed by atoms with Crippen LogP contribution >= 0.6 is 0 Å². The standard InChI is InChI=1S/C40H32O8/c1-27-13-18-32(19-14-27)39(43)46-35-22-15-29(16-23-35)17-26-36(42)47-37(30-9-5-3-6-10-30)38(31-11-7-4-8-12-31)48-40(44)33-20-24-34(25-21-33)45-28(2)41/h3-26,37-38H,1-2H3/b26-17+/t37-,38-/m1/s1. The van der Waals surface area contributed by atoms with E-state index in [1.807, 2.05) is 31.2 Å². The number of benzene rings is 5. The third-order valence-corrected chi connectivity index (χ3v) is 7.15. The average Bonchev–Trinajstić information content (AvgIpc) is 3.10. The van der Waals surface area contributed by atoms with Gasteiger partial charge in [0.25, 0.3) is 0 Å². The Balaban J connectivity index is 1.33. The molecule has 0 fully saturated rings. The second-order valence-corrected chi connectivity index (χ2v) is 10.8. The van der Waals surface area contributed by atoms with Gasteiger partial charge in [-0.25, -0.2) is 14.4 Å². The zero-order valence-electron chi connectivity index (χ0n) is 26.3. The molecule has 0 spiro atoms. The molecule has 0 aliphatic rings. The Morgan fingerprint density at radius 1 is 0.542 bits per heavy atom. The van der Waals surface area contributed by atoms with Gasteiger partial charge >= 0.3 is 23.9 Å². The number of hydrogen-bond acceptors (Lipinski definition) is 8. The lowest BCUT2D eigenvalue weighted by Gasteiger charge is -2.27. The molecule has 48 heavy (non-hydrogen) atoms. The summed E-state index contributed by atoms with van der Waals surface area (Å²) in [6.07, 6.45) is 0.845. The molecular weight excluding hydrogens is 608 g/mol. The predicted octanol–water partition coefficient (Wildman–Crippen LogP) is 8.04. The molecule has 0 amide bonds. The Kier molecular flexibility index (Phi) is 10.9. The van der Waals surface area contributed by atoms with Crippen LogP contribution in [-0.2, 0) is 19.1 Å². The highest BCUT2D eigenvalue weighted by Crippen LogP contribution is 2.36. The summed E-state index contributed by atoms with van der Waals surface area (Å²) in [7, 11) is 0. The van der Waals surface area contributed by atoms with E-state index in [4.69, 9.17) is 18.9 Å². The summed E-state index contributed by atoms with van der Waals surface area (Å²) in [4.78, 5) is 50.4. The fraction of sp³-hybridized carbons (Fsp3) is 0.100. The van der Waals surface area contributed by atoms with E-state index < -0.39 is 36.1 Å². The van der Waals surface area contributed by atoms with Crippen LogP contribution in [0.15, 0.2) is 140 Å². The van der Waals surface area contributed by atoms with Crippen LogP contribution in [0.1, 0.15) is 62.1 Å². The van der Waals surface area contributed by atoms with Crippen LogP contribution in [-0.4, -0.2) is 23.9 Å². The largest absolute Gasteiger partial charge is 0.450 e. The van der Waals surface area contributed by atoms with Crippen molar-refractivity contribution in [2.75, 3.05) is 0 Å². The molecule has 0 unspecified atom stereocenters. The first-order chi connectivity index (χ1) is 23.2. The van der Waals surface area contributed by atoms with Gasteiger partial charge < -0.3 is 18.9 Å². The Bertz CT molecular complexity index is 1880. The molecule has 0 saturated heterocycles. The molecule has 2 atom stereocenters. The number of carbonyl (C=O) groups is 4. The Hall–Kier alpha value is -6.28. The number of aryl methyl sites for hydroxylation is 1. The highest BCUT2D eigenvalue weighted by atomic mass is 16.6. The molecule has 0 bridgehead atoms. The lowest BCUT2D eigenvalue weighted by Crippen LogP contribution is -2.23. The summed E-state index contributed by atoms with van der Waals surface area (Å²) in [6, 6.07) is 37.8. The number of hydrogen-bond donors (Lipinski definition) is 0. The van der Waals surface area contributed by atoms with Crippen molar-refractivity contribution >= 4 is 30.0 Å². The maximum Gasteiger partial charge on any atom is 0.343 e. The fourth-order valence-corrected chi connectivity index (χ4v) is 4.73. The molecule has 240 valence electrons. The SMILES string of the molecule is CC(=O)Oc1ccc(C(=O)O[C@H](c2ccccc2)[C@H](OC(=O)/C=C/c2ccc(OC(=O)c3ccc(C)cc3)cc2)c2ccccc2)cc1. The quantitative estimate of drug-likeness (QED) is 0.0812. The first kappa shape index (κ1) is 33.1. The van der Waals surface area contributed by atoms with E-state index in [1.165, 1.54) is 37.3 Å². The molecule has 5 aromatic carbocycles. The minimum Gasteiger partial charge on any atom is -0.450 e. The van der Waals surface area contributed by atoms with Gasteiger partial charge in [-0.1, -0.05) is 90.5 Å². The van der Waals surface area contributed by atoms with E-state index >= 15 is 0 Å². The van der Waals surface area contributed by atoms with E-state index in [0.717, 1.165) is 5.56 Å². The van der Waals surface area contributed by atoms with Crippen molar-refractivity contribution in [1.82, 2.24) is 0 Å². The van der Waals surface area contributed by atoms with Gasteiger partial charge in [-0.2, -0.15) is 0 Å². The van der Waals surface area contributed by atoms with E-state index in [-0.39, 0.29) is 5.56 Å². The molecule has 8 nitrogen and oxygen atoms in total. The first-order valence-corrected chi connectivity index (χ1v) is 15.1.